The summed E-state index contributed by atoms with van der Waals surface area (Å²) in [6.45, 7) is 1.28. The highest BCUT2D eigenvalue weighted by molar-refractivity contribution is 6.08. The summed E-state index contributed by atoms with van der Waals surface area (Å²) in [5.74, 6) is -1.45. The molecule has 2 aromatic carbocycles. The Morgan fingerprint density at radius 3 is 2.59 bits per heavy atom. The maximum atomic E-state index is 13.8. The molecule has 29 heavy (non-hydrogen) atoms. The highest BCUT2D eigenvalue weighted by Crippen LogP contribution is 2.23. The quantitative estimate of drug-likeness (QED) is 0.556. The number of benzene rings is 2. The number of nitrogens with zero attached hydrogens (tertiary/aromatic N) is 3. The number of rotatable bonds is 4. The summed E-state index contributed by atoms with van der Waals surface area (Å²) in [4.78, 5) is 28.3. The fraction of sp³-hybridized carbons (Fsp3) is 0.0476. The monoisotopic (exact) mass is 389 g/mol. The lowest BCUT2D eigenvalue weighted by Gasteiger charge is -2.09. The molecule has 2 amide bonds. The Hall–Kier alpha value is -4.07. The molecular formula is C21H16FN5O2. The number of carbonyl (C=O) groups excluding carboxylic acids is 2. The molecule has 8 heteroatoms. The smallest absolute Gasteiger partial charge is 0.261 e. The summed E-state index contributed by atoms with van der Waals surface area (Å²) >= 11 is 0. The molecule has 0 radical (unpaired) electrons. The number of fused-ring (bicyclic) bond motifs is 1. The Morgan fingerprint density at radius 1 is 1.03 bits per heavy atom. The van der Waals surface area contributed by atoms with Gasteiger partial charge in [-0.25, -0.2) is 13.9 Å². The van der Waals surface area contributed by atoms with Gasteiger partial charge in [-0.05, 0) is 24.3 Å². The summed E-state index contributed by atoms with van der Waals surface area (Å²) in [6.07, 6.45) is 3.05. The number of halogens is 1. The highest BCUT2D eigenvalue weighted by Gasteiger charge is 2.17. The zero-order chi connectivity index (χ0) is 20.4. The number of nitrogens with one attached hydrogen (secondary N) is 2. The van der Waals surface area contributed by atoms with Gasteiger partial charge in [-0.15, -0.1) is 0 Å². The fourth-order valence-corrected chi connectivity index (χ4v) is 2.97. The van der Waals surface area contributed by atoms with Gasteiger partial charge in [-0.3, -0.25) is 9.59 Å². The van der Waals surface area contributed by atoms with Crippen molar-refractivity contribution in [3.63, 3.8) is 0 Å². The minimum atomic E-state index is -0.594. The molecule has 144 valence electrons. The van der Waals surface area contributed by atoms with Crippen LogP contribution in [0.4, 0.5) is 15.8 Å². The Kier molecular flexibility index (Phi) is 4.74. The predicted molar refractivity (Wildman–Crippen MR) is 107 cm³/mol. The molecule has 4 rings (SSSR count). The van der Waals surface area contributed by atoms with Gasteiger partial charge in [0, 0.05) is 24.4 Å². The highest BCUT2D eigenvalue weighted by atomic mass is 19.1. The molecule has 7 nitrogen and oxygen atoms in total. The van der Waals surface area contributed by atoms with Crippen molar-refractivity contribution in [1.29, 1.82) is 0 Å². The molecule has 0 aliphatic carbocycles. The first-order valence-electron chi connectivity index (χ1n) is 8.79. The standard InChI is InChI=1S/C21H16FN5O2/c1-13(28)25-18-11-15(7-8-17(18)22)26-21(29)16-12-24-27-19(9-10-23-20(16)27)14-5-3-2-4-6-14/h2-12H,1H3,(H,25,28)(H,26,29). The second kappa shape index (κ2) is 7.51. The molecule has 0 unspecified atom stereocenters. The second-order valence-electron chi connectivity index (χ2n) is 6.32. The van der Waals surface area contributed by atoms with Crippen LogP contribution < -0.4 is 10.6 Å². The van der Waals surface area contributed by atoms with Crippen molar-refractivity contribution >= 4 is 28.8 Å². The average Bonchev–Trinajstić information content (AvgIpc) is 3.15. The third-order valence-corrected chi connectivity index (χ3v) is 4.25. The lowest BCUT2D eigenvalue weighted by molar-refractivity contribution is -0.114. The van der Waals surface area contributed by atoms with Gasteiger partial charge in [0.1, 0.15) is 11.4 Å². The van der Waals surface area contributed by atoms with Gasteiger partial charge in [0.25, 0.3) is 5.91 Å². The van der Waals surface area contributed by atoms with Gasteiger partial charge < -0.3 is 10.6 Å². The zero-order valence-corrected chi connectivity index (χ0v) is 15.4. The van der Waals surface area contributed by atoms with E-state index < -0.39 is 17.6 Å². The van der Waals surface area contributed by atoms with Crippen molar-refractivity contribution in [3.8, 4) is 11.3 Å². The molecular weight excluding hydrogens is 373 g/mol. The van der Waals surface area contributed by atoms with Gasteiger partial charge in [-0.2, -0.15) is 5.10 Å². The minimum Gasteiger partial charge on any atom is -0.324 e. The average molecular weight is 389 g/mol. The third kappa shape index (κ3) is 3.68. The SMILES string of the molecule is CC(=O)Nc1cc(NC(=O)c2cnn3c(-c4ccccc4)ccnc23)ccc1F. The van der Waals surface area contributed by atoms with Crippen LogP contribution in [0.2, 0.25) is 0 Å². The topological polar surface area (TPSA) is 88.4 Å². The van der Waals surface area contributed by atoms with E-state index in [1.54, 1.807) is 10.7 Å². The maximum absolute atomic E-state index is 13.8. The van der Waals surface area contributed by atoms with Crippen LogP contribution in [0, 0.1) is 5.82 Å². The van der Waals surface area contributed by atoms with Crippen LogP contribution in [0.15, 0.2) is 67.0 Å². The molecule has 0 spiro atoms. The summed E-state index contributed by atoms with van der Waals surface area (Å²) in [7, 11) is 0. The van der Waals surface area contributed by atoms with Crippen molar-refractivity contribution < 1.29 is 14.0 Å². The van der Waals surface area contributed by atoms with Crippen LogP contribution in [-0.2, 0) is 4.79 Å². The van der Waals surface area contributed by atoms with Crippen molar-refractivity contribution in [2.24, 2.45) is 0 Å². The van der Waals surface area contributed by atoms with E-state index in [-0.39, 0.29) is 11.3 Å². The Balaban J connectivity index is 1.66. The molecule has 0 aliphatic rings. The van der Waals surface area contributed by atoms with E-state index in [1.165, 1.54) is 31.3 Å². The minimum absolute atomic E-state index is 0.0142. The van der Waals surface area contributed by atoms with Crippen LogP contribution in [0.3, 0.4) is 0 Å². The van der Waals surface area contributed by atoms with E-state index >= 15 is 0 Å². The molecule has 0 saturated carbocycles. The zero-order valence-electron chi connectivity index (χ0n) is 15.4. The van der Waals surface area contributed by atoms with Crippen LogP contribution in [0.25, 0.3) is 16.9 Å². The summed E-state index contributed by atoms with van der Waals surface area (Å²) < 4.78 is 15.4. The number of hydrogen-bond acceptors (Lipinski definition) is 4. The van der Waals surface area contributed by atoms with Gasteiger partial charge in [0.05, 0.1) is 17.6 Å². The Bertz CT molecular complexity index is 1220. The molecule has 0 fully saturated rings. The first-order valence-corrected chi connectivity index (χ1v) is 8.79. The Labute approximate surface area is 165 Å². The summed E-state index contributed by atoms with van der Waals surface area (Å²) in [5.41, 5.74) is 2.72. The van der Waals surface area contributed by atoms with E-state index in [0.717, 1.165) is 11.3 Å². The first kappa shape index (κ1) is 18.3. The fourth-order valence-electron chi connectivity index (χ4n) is 2.97. The van der Waals surface area contributed by atoms with Crippen molar-refractivity contribution in [2.45, 2.75) is 6.92 Å². The third-order valence-electron chi connectivity index (χ3n) is 4.25. The van der Waals surface area contributed by atoms with Crippen LogP contribution in [0.5, 0.6) is 0 Å². The lowest BCUT2D eigenvalue weighted by Crippen LogP contribution is -2.13. The predicted octanol–water partition coefficient (Wildman–Crippen LogP) is 3.75. The van der Waals surface area contributed by atoms with Crippen LogP contribution in [-0.4, -0.2) is 26.4 Å². The molecule has 2 N–H and O–H groups in total. The molecule has 0 aliphatic heterocycles. The van der Waals surface area contributed by atoms with E-state index in [1.807, 2.05) is 36.4 Å². The number of anilines is 2. The number of hydrogen-bond donors (Lipinski definition) is 2. The van der Waals surface area contributed by atoms with Crippen LogP contribution in [0.1, 0.15) is 17.3 Å². The number of amides is 2. The van der Waals surface area contributed by atoms with E-state index in [2.05, 4.69) is 20.7 Å². The largest absolute Gasteiger partial charge is 0.324 e. The molecule has 0 atom stereocenters. The molecule has 0 bridgehead atoms. The number of carbonyl (C=O) groups is 2. The lowest BCUT2D eigenvalue weighted by atomic mass is 10.1. The summed E-state index contributed by atoms with van der Waals surface area (Å²) in [5, 5.41) is 9.37. The van der Waals surface area contributed by atoms with Crippen molar-refractivity contribution in [1.82, 2.24) is 14.6 Å². The maximum Gasteiger partial charge on any atom is 0.261 e. The van der Waals surface area contributed by atoms with Crippen molar-refractivity contribution in [3.05, 3.63) is 78.4 Å². The van der Waals surface area contributed by atoms with Crippen LogP contribution >= 0.6 is 0 Å². The van der Waals surface area contributed by atoms with Crippen molar-refractivity contribution in [2.75, 3.05) is 10.6 Å². The molecule has 4 aromatic rings. The van der Waals surface area contributed by atoms with Gasteiger partial charge in [0.2, 0.25) is 5.91 Å². The molecule has 2 aromatic heterocycles. The normalized spacial score (nSPS) is 10.7. The van der Waals surface area contributed by atoms with E-state index in [4.69, 9.17) is 0 Å². The first-order chi connectivity index (χ1) is 14.0. The van der Waals surface area contributed by atoms with E-state index in [0.29, 0.717) is 11.3 Å². The van der Waals surface area contributed by atoms with Gasteiger partial charge >= 0.3 is 0 Å². The molecule has 0 saturated heterocycles. The summed E-state index contributed by atoms with van der Waals surface area (Å²) in [6, 6.07) is 15.4. The van der Waals surface area contributed by atoms with E-state index in [9.17, 15) is 14.0 Å². The Morgan fingerprint density at radius 2 is 1.83 bits per heavy atom. The number of aromatic nitrogens is 3. The second-order valence-corrected chi connectivity index (χ2v) is 6.32. The van der Waals surface area contributed by atoms with Gasteiger partial charge in [-0.1, -0.05) is 30.3 Å². The molecule has 2 heterocycles. The van der Waals surface area contributed by atoms with Gasteiger partial charge in [0.15, 0.2) is 5.65 Å².